The summed E-state index contributed by atoms with van der Waals surface area (Å²) in [5.74, 6) is 1.26. The van der Waals surface area contributed by atoms with Gasteiger partial charge in [0.1, 0.15) is 11.8 Å². The number of amides is 2. The van der Waals surface area contributed by atoms with Gasteiger partial charge >= 0.3 is 0 Å². The normalized spacial score (nSPS) is 27.8. The molecular formula is C22H33N3O3. The van der Waals surface area contributed by atoms with Crippen LogP contribution in [0.1, 0.15) is 56.3 Å². The molecule has 4 N–H and O–H groups in total. The van der Waals surface area contributed by atoms with Crippen molar-refractivity contribution >= 4 is 11.8 Å². The minimum Gasteiger partial charge on any atom is -0.497 e. The molecule has 0 spiro atoms. The lowest BCUT2D eigenvalue weighted by atomic mass is 9.67. The minimum atomic E-state index is -0.564. The van der Waals surface area contributed by atoms with E-state index in [2.05, 4.69) is 10.6 Å². The second kappa shape index (κ2) is 8.95. The van der Waals surface area contributed by atoms with Crippen LogP contribution in [0.4, 0.5) is 0 Å². The van der Waals surface area contributed by atoms with Gasteiger partial charge in [0.25, 0.3) is 5.91 Å². The molecule has 1 aromatic carbocycles. The summed E-state index contributed by atoms with van der Waals surface area (Å²) >= 11 is 0. The smallest absolute Gasteiger partial charge is 0.251 e. The minimum absolute atomic E-state index is 0.00659. The van der Waals surface area contributed by atoms with Crippen molar-refractivity contribution in [2.75, 3.05) is 7.11 Å². The number of benzene rings is 1. The van der Waals surface area contributed by atoms with Gasteiger partial charge in [0.15, 0.2) is 0 Å². The van der Waals surface area contributed by atoms with Crippen molar-refractivity contribution in [3.8, 4) is 5.75 Å². The van der Waals surface area contributed by atoms with Crippen LogP contribution in [-0.2, 0) is 4.79 Å². The number of methoxy groups -OCH3 is 1. The van der Waals surface area contributed by atoms with E-state index in [4.69, 9.17) is 10.5 Å². The second-order valence-corrected chi connectivity index (χ2v) is 8.64. The van der Waals surface area contributed by atoms with Crippen molar-refractivity contribution in [1.29, 1.82) is 0 Å². The second-order valence-electron chi connectivity index (χ2n) is 8.64. The van der Waals surface area contributed by atoms with E-state index < -0.39 is 6.04 Å². The van der Waals surface area contributed by atoms with Crippen LogP contribution in [-0.4, -0.2) is 37.0 Å². The summed E-state index contributed by atoms with van der Waals surface area (Å²) in [4.78, 5) is 25.7. The van der Waals surface area contributed by atoms with Crippen molar-refractivity contribution < 1.29 is 14.3 Å². The fraction of sp³-hybridized carbons (Fsp3) is 0.636. The van der Waals surface area contributed by atoms with E-state index in [-0.39, 0.29) is 29.8 Å². The van der Waals surface area contributed by atoms with Crippen LogP contribution in [0.25, 0.3) is 0 Å². The van der Waals surface area contributed by atoms with Crippen LogP contribution in [0, 0.1) is 17.8 Å². The van der Waals surface area contributed by atoms with E-state index in [1.807, 2.05) is 13.8 Å². The predicted molar refractivity (Wildman–Crippen MR) is 109 cm³/mol. The first kappa shape index (κ1) is 20.6. The standard InChI is InChI=1S/C22H33N3O3/c1-13(2)19(24-21(26)14-7-9-18(28-3)10-8-14)22(27)25-20-15-5-4-6-16(20)12-17(23)11-15/h7-10,13,15-17,19-20H,4-6,11-12,23H2,1-3H3,(H,24,26)(H,25,27). The first-order valence-corrected chi connectivity index (χ1v) is 10.4. The molecule has 2 amide bonds. The summed E-state index contributed by atoms with van der Waals surface area (Å²) in [6.45, 7) is 3.91. The maximum absolute atomic E-state index is 13.1. The maximum Gasteiger partial charge on any atom is 0.251 e. The Hall–Kier alpha value is -2.08. The molecule has 3 unspecified atom stereocenters. The van der Waals surface area contributed by atoms with Gasteiger partial charge in [-0.3, -0.25) is 9.59 Å². The molecule has 0 saturated heterocycles. The van der Waals surface area contributed by atoms with E-state index in [9.17, 15) is 9.59 Å². The van der Waals surface area contributed by atoms with Crippen LogP contribution in [0.2, 0.25) is 0 Å². The summed E-state index contributed by atoms with van der Waals surface area (Å²) in [6.07, 6.45) is 5.42. The third-order valence-corrected chi connectivity index (χ3v) is 6.27. The Bertz CT molecular complexity index is 675. The molecule has 2 aliphatic carbocycles. The molecular weight excluding hydrogens is 354 g/mol. The van der Waals surface area contributed by atoms with Gasteiger partial charge in [-0.2, -0.15) is 0 Å². The Labute approximate surface area is 167 Å². The summed E-state index contributed by atoms with van der Waals surface area (Å²) < 4.78 is 5.13. The Kier molecular flexibility index (Phi) is 6.60. The number of nitrogens with two attached hydrogens (primary N) is 1. The SMILES string of the molecule is COc1ccc(C(=O)NC(C(=O)NC2C3CCCC2CC(N)C3)C(C)C)cc1. The molecule has 2 aliphatic rings. The molecule has 0 radical (unpaired) electrons. The van der Waals surface area contributed by atoms with E-state index in [1.54, 1.807) is 31.4 Å². The van der Waals surface area contributed by atoms with Gasteiger partial charge < -0.3 is 21.1 Å². The molecule has 0 aromatic heterocycles. The first-order chi connectivity index (χ1) is 13.4. The van der Waals surface area contributed by atoms with Crippen LogP contribution >= 0.6 is 0 Å². The van der Waals surface area contributed by atoms with Gasteiger partial charge in [-0.05, 0) is 67.7 Å². The molecule has 154 valence electrons. The molecule has 3 rings (SSSR count). The quantitative estimate of drug-likeness (QED) is 0.699. The van der Waals surface area contributed by atoms with Crippen molar-refractivity contribution in [1.82, 2.24) is 10.6 Å². The van der Waals surface area contributed by atoms with E-state index in [0.29, 0.717) is 23.1 Å². The summed E-state index contributed by atoms with van der Waals surface area (Å²) in [7, 11) is 1.59. The molecule has 6 nitrogen and oxygen atoms in total. The molecule has 2 bridgehead atoms. The number of hydrogen-bond donors (Lipinski definition) is 3. The van der Waals surface area contributed by atoms with Gasteiger partial charge in [0.05, 0.1) is 7.11 Å². The van der Waals surface area contributed by atoms with Gasteiger partial charge in [0, 0.05) is 17.6 Å². The number of nitrogens with one attached hydrogen (secondary N) is 2. The summed E-state index contributed by atoms with van der Waals surface area (Å²) in [5.41, 5.74) is 6.71. The highest BCUT2D eigenvalue weighted by molar-refractivity contribution is 5.97. The average Bonchev–Trinajstić information content (AvgIpc) is 2.66. The molecule has 3 atom stereocenters. The molecule has 6 heteroatoms. The van der Waals surface area contributed by atoms with Gasteiger partial charge in [-0.1, -0.05) is 20.3 Å². The fourth-order valence-electron chi connectivity index (χ4n) is 4.78. The lowest BCUT2D eigenvalue weighted by Gasteiger charge is -2.45. The Balaban J connectivity index is 1.66. The first-order valence-electron chi connectivity index (χ1n) is 10.4. The summed E-state index contributed by atoms with van der Waals surface area (Å²) in [6, 6.07) is 6.76. The van der Waals surface area contributed by atoms with Crippen molar-refractivity contribution in [2.45, 2.75) is 64.1 Å². The fourth-order valence-corrected chi connectivity index (χ4v) is 4.78. The van der Waals surface area contributed by atoms with Gasteiger partial charge in [-0.25, -0.2) is 0 Å². The largest absolute Gasteiger partial charge is 0.497 e. The maximum atomic E-state index is 13.1. The Morgan fingerprint density at radius 1 is 1.11 bits per heavy atom. The highest BCUT2D eigenvalue weighted by Gasteiger charge is 2.41. The van der Waals surface area contributed by atoms with Gasteiger partial charge in [0.2, 0.25) is 5.91 Å². The number of fused-ring (bicyclic) bond motifs is 2. The number of carbonyl (C=O) groups is 2. The summed E-state index contributed by atoms with van der Waals surface area (Å²) in [5, 5.41) is 6.19. The molecule has 0 heterocycles. The van der Waals surface area contributed by atoms with Crippen LogP contribution in [0.3, 0.4) is 0 Å². The Morgan fingerprint density at radius 3 is 2.25 bits per heavy atom. The van der Waals surface area contributed by atoms with Crippen molar-refractivity contribution in [2.24, 2.45) is 23.5 Å². The monoisotopic (exact) mass is 387 g/mol. The van der Waals surface area contributed by atoms with Crippen LogP contribution in [0.5, 0.6) is 5.75 Å². The zero-order chi connectivity index (χ0) is 20.3. The zero-order valence-corrected chi connectivity index (χ0v) is 17.1. The number of carbonyl (C=O) groups excluding carboxylic acids is 2. The molecule has 28 heavy (non-hydrogen) atoms. The Morgan fingerprint density at radius 2 is 1.71 bits per heavy atom. The van der Waals surface area contributed by atoms with Gasteiger partial charge in [-0.15, -0.1) is 0 Å². The van der Waals surface area contributed by atoms with E-state index >= 15 is 0 Å². The third kappa shape index (κ3) is 4.66. The molecule has 2 fully saturated rings. The number of rotatable bonds is 6. The highest BCUT2D eigenvalue weighted by Crippen LogP contribution is 2.39. The van der Waals surface area contributed by atoms with E-state index in [0.717, 1.165) is 25.7 Å². The van der Waals surface area contributed by atoms with E-state index in [1.165, 1.54) is 6.42 Å². The molecule has 0 aliphatic heterocycles. The van der Waals surface area contributed by atoms with Crippen molar-refractivity contribution in [3.05, 3.63) is 29.8 Å². The predicted octanol–water partition coefficient (Wildman–Crippen LogP) is 2.47. The van der Waals surface area contributed by atoms with Crippen molar-refractivity contribution in [3.63, 3.8) is 0 Å². The lowest BCUT2D eigenvalue weighted by molar-refractivity contribution is -0.126. The average molecular weight is 388 g/mol. The van der Waals surface area contributed by atoms with Crippen LogP contribution < -0.4 is 21.1 Å². The molecule has 2 saturated carbocycles. The number of ether oxygens (including phenoxy) is 1. The third-order valence-electron chi connectivity index (χ3n) is 6.27. The lowest BCUT2D eigenvalue weighted by Crippen LogP contribution is -2.58. The zero-order valence-electron chi connectivity index (χ0n) is 17.1. The highest BCUT2D eigenvalue weighted by atomic mass is 16.5. The number of hydrogen-bond acceptors (Lipinski definition) is 4. The molecule has 1 aromatic rings. The topological polar surface area (TPSA) is 93.4 Å². The van der Waals surface area contributed by atoms with Crippen LogP contribution in [0.15, 0.2) is 24.3 Å².